The van der Waals surface area contributed by atoms with Gasteiger partial charge in [0.05, 0.1) is 14.2 Å². The van der Waals surface area contributed by atoms with Gasteiger partial charge in [0.25, 0.3) is 0 Å². The van der Waals surface area contributed by atoms with E-state index in [0.29, 0.717) is 29.4 Å². The van der Waals surface area contributed by atoms with Crippen LogP contribution in [0.15, 0.2) is 24.3 Å². The molecule has 1 aromatic heterocycles. The average molecular weight is 429 g/mol. The van der Waals surface area contributed by atoms with Crippen molar-refractivity contribution in [1.29, 1.82) is 0 Å². The van der Waals surface area contributed by atoms with Crippen molar-refractivity contribution in [3.63, 3.8) is 0 Å². The number of carbonyl (C=O) groups excluding carboxylic acids is 1. The second kappa shape index (κ2) is 8.70. The van der Waals surface area contributed by atoms with Gasteiger partial charge in [0, 0.05) is 63.3 Å². The van der Waals surface area contributed by atoms with Gasteiger partial charge in [-0.25, -0.2) is 9.37 Å². The first-order valence-electron chi connectivity index (χ1n) is 10.5. The molecule has 1 atom stereocenters. The molecule has 0 N–H and O–H groups in total. The van der Waals surface area contributed by atoms with Crippen molar-refractivity contribution in [2.24, 2.45) is 0 Å². The lowest BCUT2D eigenvalue weighted by Gasteiger charge is -2.33. The highest BCUT2D eigenvalue weighted by atomic mass is 19.1. The molecular formula is C23H29FN4O3. The van der Waals surface area contributed by atoms with E-state index in [0.717, 1.165) is 37.6 Å². The van der Waals surface area contributed by atoms with Gasteiger partial charge in [-0.1, -0.05) is 0 Å². The second-order valence-corrected chi connectivity index (χ2v) is 8.26. The molecule has 0 saturated carbocycles. The third kappa shape index (κ3) is 4.30. The predicted molar refractivity (Wildman–Crippen MR) is 118 cm³/mol. The quantitative estimate of drug-likeness (QED) is 0.730. The minimum absolute atomic E-state index is 0.0651. The molecule has 166 valence electrons. The van der Waals surface area contributed by atoms with E-state index in [1.54, 1.807) is 24.1 Å². The molecule has 0 aliphatic carbocycles. The monoisotopic (exact) mass is 428 g/mol. The summed E-state index contributed by atoms with van der Waals surface area (Å²) in [6, 6.07) is 6.86. The minimum Gasteiger partial charge on any atom is -0.497 e. The molecule has 0 unspecified atom stereocenters. The first kappa shape index (κ1) is 21.4. The topological polar surface area (TPSA) is 58.1 Å². The van der Waals surface area contributed by atoms with Crippen LogP contribution in [0.25, 0.3) is 0 Å². The van der Waals surface area contributed by atoms with Crippen LogP contribution in [0.5, 0.6) is 11.5 Å². The van der Waals surface area contributed by atoms with E-state index in [9.17, 15) is 9.18 Å². The highest BCUT2D eigenvalue weighted by Crippen LogP contribution is 2.37. The van der Waals surface area contributed by atoms with Gasteiger partial charge in [-0.3, -0.25) is 9.69 Å². The molecule has 2 aliphatic rings. The van der Waals surface area contributed by atoms with Crippen molar-refractivity contribution >= 4 is 17.5 Å². The summed E-state index contributed by atoms with van der Waals surface area (Å²) in [6.45, 7) is 5.87. The number of methoxy groups -OCH3 is 2. The lowest BCUT2D eigenvalue weighted by Crippen LogP contribution is -2.45. The normalized spacial score (nSPS) is 19.8. The number of aryl methyl sites for hydroxylation is 1. The number of hydrogen-bond donors (Lipinski definition) is 0. The zero-order valence-electron chi connectivity index (χ0n) is 18.5. The van der Waals surface area contributed by atoms with Crippen molar-refractivity contribution in [3.05, 3.63) is 41.2 Å². The molecule has 7 nitrogen and oxygen atoms in total. The third-order valence-electron chi connectivity index (χ3n) is 6.19. The van der Waals surface area contributed by atoms with Crippen LogP contribution in [-0.4, -0.2) is 69.8 Å². The number of anilines is 2. The van der Waals surface area contributed by atoms with E-state index in [1.165, 1.54) is 13.2 Å². The van der Waals surface area contributed by atoms with Crippen LogP contribution in [0.4, 0.5) is 16.0 Å². The summed E-state index contributed by atoms with van der Waals surface area (Å²) in [7, 11) is 5.23. The molecule has 3 heterocycles. The number of hydrogen-bond acceptors (Lipinski definition) is 6. The number of benzene rings is 1. The molecule has 8 heteroatoms. The minimum atomic E-state index is -0.340. The largest absolute Gasteiger partial charge is 0.497 e. The van der Waals surface area contributed by atoms with Gasteiger partial charge < -0.3 is 19.3 Å². The first-order valence-corrected chi connectivity index (χ1v) is 10.5. The molecule has 2 aromatic rings. The summed E-state index contributed by atoms with van der Waals surface area (Å²) in [4.78, 5) is 23.8. The Bertz CT molecular complexity index is 952. The zero-order chi connectivity index (χ0) is 22.1. The number of ether oxygens (including phenoxy) is 2. The SMILES string of the molecule is COc1cc(N2CCN(C)CC2)nc(N2C[C@@H](c3c(C)cc(OC)cc3F)CC2=O)c1. The van der Waals surface area contributed by atoms with Crippen molar-refractivity contribution in [2.45, 2.75) is 19.3 Å². The maximum absolute atomic E-state index is 14.8. The highest BCUT2D eigenvalue weighted by Gasteiger charge is 2.35. The molecule has 31 heavy (non-hydrogen) atoms. The Kier molecular flexibility index (Phi) is 6.00. The molecule has 2 aliphatic heterocycles. The molecule has 2 saturated heterocycles. The Morgan fingerprint density at radius 1 is 1.00 bits per heavy atom. The van der Waals surface area contributed by atoms with E-state index < -0.39 is 0 Å². The average Bonchev–Trinajstić information content (AvgIpc) is 3.14. The molecule has 0 bridgehead atoms. The van der Waals surface area contributed by atoms with Crippen LogP contribution in [0.1, 0.15) is 23.5 Å². The molecular weight excluding hydrogens is 399 g/mol. The van der Waals surface area contributed by atoms with Crippen molar-refractivity contribution in [2.75, 3.05) is 63.8 Å². The fourth-order valence-corrected chi connectivity index (χ4v) is 4.41. The summed E-state index contributed by atoms with van der Waals surface area (Å²) in [5, 5.41) is 0. The van der Waals surface area contributed by atoms with E-state index >= 15 is 0 Å². The molecule has 4 rings (SSSR count). The standard InChI is InChI=1S/C23H29FN4O3/c1-15-9-17(30-3)11-19(24)23(15)16-10-22(29)28(14-16)21-13-18(31-4)12-20(25-21)27-7-5-26(2)6-8-27/h9,11-13,16H,5-8,10,14H2,1-4H3/t16-/m0/s1. The lowest BCUT2D eigenvalue weighted by atomic mass is 9.93. The fraction of sp³-hybridized carbons (Fsp3) is 0.478. The van der Waals surface area contributed by atoms with Gasteiger partial charge in [0.15, 0.2) is 0 Å². The van der Waals surface area contributed by atoms with E-state index in [1.807, 2.05) is 13.0 Å². The van der Waals surface area contributed by atoms with Gasteiger partial charge in [0.2, 0.25) is 5.91 Å². The van der Waals surface area contributed by atoms with E-state index in [-0.39, 0.29) is 24.1 Å². The first-order chi connectivity index (χ1) is 14.9. The third-order valence-corrected chi connectivity index (χ3v) is 6.19. The molecule has 1 amide bonds. The van der Waals surface area contributed by atoms with Crippen molar-refractivity contribution in [1.82, 2.24) is 9.88 Å². The number of amides is 1. The Hall–Kier alpha value is -2.87. The number of rotatable bonds is 5. The molecule has 1 aromatic carbocycles. The molecule has 0 spiro atoms. The van der Waals surface area contributed by atoms with E-state index in [2.05, 4.69) is 16.8 Å². The number of likely N-dealkylation sites (N-methyl/N-ethyl adjacent to an activating group) is 1. The zero-order valence-corrected chi connectivity index (χ0v) is 18.5. The maximum atomic E-state index is 14.8. The smallest absolute Gasteiger partial charge is 0.228 e. The number of piperazine rings is 1. The molecule has 0 radical (unpaired) electrons. The molecule has 2 fully saturated rings. The van der Waals surface area contributed by atoms with Crippen LogP contribution in [0, 0.1) is 12.7 Å². The highest BCUT2D eigenvalue weighted by molar-refractivity contribution is 5.96. The summed E-state index contributed by atoms with van der Waals surface area (Å²) in [5.41, 5.74) is 1.35. The number of pyridine rings is 1. The van der Waals surface area contributed by atoms with Gasteiger partial charge in [-0.2, -0.15) is 0 Å². The Morgan fingerprint density at radius 3 is 2.29 bits per heavy atom. The summed E-state index contributed by atoms with van der Waals surface area (Å²) in [5.74, 6) is 1.84. The lowest BCUT2D eigenvalue weighted by molar-refractivity contribution is -0.117. The van der Waals surface area contributed by atoms with Crippen molar-refractivity contribution in [3.8, 4) is 11.5 Å². The van der Waals surface area contributed by atoms with Gasteiger partial charge in [-0.05, 0) is 31.2 Å². The van der Waals surface area contributed by atoms with Gasteiger partial charge >= 0.3 is 0 Å². The van der Waals surface area contributed by atoms with Crippen LogP contribution >= 0.6 is 0 Å². The summed E-state index contributed by atoms with van der Waals surface area (Å²) < 4.78 is 25.5. The van der Waals surface area contributed by atoms with Crippen LogP contribution < -0.4 is 19.3 Å². The Balaban J connectivity index is 1.62. The van der Waals surface area contributed by atoms with E-state index in [4.69, 9.17) is 14.5 Å². The summed E-state index contributed by atoms with van der Waals surface area (Å²) in [6.07, 6.45) is 0.243. The summed E-state index contributed by atoms with van der Waals surface area (Å²) >= 11 is 0. The van der Waals surface area contributed by atoms with Crippen LogP contribution in [-0.2, 0) is 4.79 Å². The predicted octanol–water partition coefficient (Wildman–Crippen LogP) is 2.82. The Labute approximate surface area is 182 Å². The van der Waals surface area contributed by atoms with Crippen molar-refractivity contribution < 1.29 is 18.7 Å². The number of nitrogens with zero attached hydrogens (tertiary/aromatic N) is 4. The van der Waals surface area contributed by atoms with Gasteiger partial charge in [0.1, 0.15) is 29.0 Å². The second-order valence-electron chi connectivity index (χ2n) is 8.26. The van der Waals surface area contributed by atoms with Crippen LogP contribution in [0.3, 0.4) is 0 Å². The number of carbonyl (C=O) groups is 1. The Morgan fingerprint density at radius 2 is 1.65 bits per heavy atom. The number of halogens is 1. The number of aromatic nitrogens is 1. The van der Waals surface area contributed by atoms with Crippen LogP contribution in [0.2, 0.25) is 0 Å². The maximum Gasteiger partial charge on any atom is 0.228 e. The van der Waals surface area contributed by atoms with Gasteiger partial charge in [-0.15, -0.1) is 0 Å². The fourth-order valence-electron chi connectivity index (χ4n) is 4.41.